The lowest BCUT2D eigenvalue weighted by molar-refractivity contribution is -0.00000679. The van der Waals surface area contributed by atoms with Crippen molar-refractivity contribution in [1.29, 1.82) is 0 Å². The lowest BCUT2D eigenvalue weighted by Gasteiger charge is -2.19. The smallest absolute Gasteiger partial charge is 0.162 e. The molecule has 1 aliphatic carbocycles. The second-order valence-electron chi connectivity index (χ2n) is 8.81. The third kappa shape index (κ3) is 3.66. The first kappa shape index (κ1) is 21.3. The number of thiophene rings is 1. The quantitative estimate of drug-likeness (QED) is 0.453. The van der Waals surface area contributed by atoms with Crippen LogP contribution in [0.5, 0.6) is 11.5 Å². The van der Waals surface area contributed by atoms with Gasteiger partial charge in [-0.1, -0.05) is 36.8 Å². The largest absolute Gasteiger partial charge is 1.00 e. The Morgan fingerprint density at radius 1 is 0.969 bits per heavy atom. The number of pyridine rings is 1. The van der Waals surface area contributed by atoms with Crippen molar-refractivity contribution >= 4 is 21.6 Å². The van der Waals surface area contributed by atoms with E-state index in [1.54, 1.807) is 0 Å². The summed E-state index contributed by atoms with van der Waals surface area (Å²) >= 11 is 1.89. The third-order valence-electron chi connectivity index (χ3n) is 6.43. The van der Waals surface area contributed by atoms with Gasteiger partial charge in [-0.05, 0) is 73.1 Å². The Morgan fingerprint density at radius 2 is 1.81 bits per heavy atom. The van der Waals surface area contributed by atoms with E-state index in [4.69, 9.17) is 14.5 Å². The second-order valence-corrected chi connectivity index (χ2v) is 9.90. The van der Waals surface area contributed by atoms with Gasteiger partial charge in [0.25, 0.3) is 0 Å². The topological polar surface area (TPSA) is 31.4 Å². The van der Waals surface area contributed by atoms with E-state index < -0.39 is 0 Å². The Hall–Kier alpha value is -2.56. The molecule has 3 heterocycles. The fraction of sp³-hybridized carbons (Fsp3) is 0.296. The van der Waals surface area contributed by atoms with E-state index >= 15 is 0 Å². The maximum absolute atomic E-state index is 5.83. The minimum atomic E-state index is 0. The van der Waals surface area contributed by atoms with E-state index in [1.807, 2.05) is 17.4 Å². The van der Waals surface area contributed by atoms with Crippen LogP contribution in [-0.4, -0.2) is 18.2 Å². The van der Waals surface area contributed by atoms with Crippen LogP contribution >= 0.6 is 11.3 Å². The van der Waals surface area contributed by atoms with E-state index in [0.717, 1.165) is 39.9 Å². The van der Waals surface area contributed by atoms with Crippen molar-refractivity contribution in [2.75, 3.05) is 13.2 Å². The highest BCUT2D eigenvalue weighted by molar-refractivity contribution is 7.19. The Balaban J connectivity index is 0.00000216. The van der Waals surface area contributed by atoms with Crippen molar-refractivity contribution in [3.05, 3.63) is 64.5 Å². The molecule has 4 aromatic rings. The van der Waals surface area contributed by atoms with Crippen LogP contribution in [0, 0.1) is 12.8 Å². The van der Waals surface area contributed by atoms with Gasteiger partial charge in [0, 0.05) is 15.8 Å². The van der Waals surface area contributed by atoms with Crippen LogP contribution in [0.4, 0.5) is 0 Å². The first-order valence-electron chi connectivity index (χ1n) is 11.1. The number of aromatic nitrogens is 1. The van der Waals surface area contributed by atoms with Gasteiger partial charge in [0.2, 0.25) is 0 Å². The monoisotopic (exact) mass is 462 g/mol. The lowest BCUT2D eigenvalue weighted by Crippen LogP contribution is -3.00. The molecule has 1 unspecified atom stereocenters. The molecular formula is C27H25ClNO2S-. The molecule has 0 spiro atoms. The van der Waals surface area contributed by atoms with Crippen LogP contribution in [0.1, 0.15) is 29.3 Å². The zero-order valence-electron chi connectivity index (χ0n) is 18.3. The van der Waals surface area contributed by atoms with Crippen molar-refractivity contribution in [1.82, 2.24) is 4.98 Å². The van der Waals surface area contributed by atoms with E-state index in [2.05, 4.69) is 56.3 Å². The summed E-state index contributed by atoms with van der Waals surface area (Å²) in [5.41, 5.74) is 7.43. The summed E-state index contributed by atoms with van der Waals surface area (Å²) in [5, 5.41) is 1.36. The van der Waals surface area contributed by atoms with E-state index in [1.165, 1.54) is 45.4 Å². The molecule has 1 atom stereocenters. The number of hydrogen-bond acceptors (Lipinski definition) is 4. The van der Waals surface area contributed by atoms with Crippen LogP contribution in [0.2, 0.25) is 0 Å². The van der Waals surface area contributed by atoms with Gasteiger partial charge in [-0.25, -0.2) is 4.98 Å². The molecule has 0 bridgehead atoms. The molecule has 1 aliphatic heterocycles. The minimum Gasteiger partial charge on any atom is -1.00 e. The molecule has 0 N–H and O–H groups in total. The first-order valence-corrected chi connectivity index (χ1v) is 11.9. The second kappa shape index (κ2) is 8.42. The Kier molecular flexibility index (Phi) is 5.60. The summed E-state index contributed by atoms with van der Waals surface area (Å²) in [7, 11) is 0. The number of rotatable bonds is 2. The maximum atomic E-state index is 5.83. The molecule has 0 saturated carbocycles. The molecule has 2 aliphatic rings. The fourth-order valence-electron chi connectivity index (χ4n) is 4.83. The van der Waals surface area contributed by atoms with Crippen molar-refractivity contribution < 1.29 is 21.9 Å². The van der Waals surface area contributed by atoms with Crippen LogP contribution in [0.15, 0.2) is 48.5 Å². The summed E-state index contributed by atoms with van der Waals surface area (Å²) in [4.78, 5) is 7.83. The Bertz CT molecular complexity index is 1310. The molecule has 0 amide bonds. The molecule has 2 aromatic carbocycles. The van der Waals surface area contributed by atoms with Crippen molar-refractivity contribution in [3.8, 4) is 33.9 Å². The fourth-order valence-corrected chi connectivity index (χ4v) is 6.24. The number of fused-ring (bicyclic) bond motifs is 4. The first-order chi connectivity index (χ1) is 15.2. The van der Waals surface area contributed by atoms with Crippen LogP contribution in [0.25, 0.3) is 32.6 Å². The highest BCUT2D eigenvalue weighted by atomic mass is 35.5. The summed E-state index contributed by atoms with van der Waals surface area (Å²) in [6, 6.07) is 17.3. The van der Waals surface area contributed by atoms with Crippen LogP contribution < -0.4 is 21.9 Å². The number of ether oxygens (including phenoxy) is 2. The summed E-state index contributed by atoms with van der Waals surface area (Å²) in [6.07, 6.45) is 3.58. The number of benzene rings is 2. The number of halogens is 1. The van der Waals surface area contributed by atoms with Crippen molar-refractivity contribution in [2.24, 2.45) is 5.92 Å². The highest BCUT2D eigenvalue weighted by Gasteiger charge is 2.24. The van der Waals surface area contributed by atoms with Crippen LogP contribution in [-0.2, 0) is 12.8 Å². The number of aryl methyl sites for hydroxylation is 2. The van der Waals surface area contributed by atoms with Crippen LogP contribution in [0.3, 0.4) is 0 Å². The van der Waals surface area contributed by atoms with Gasteiger partial charge in [0.1, 0.15) is 18.0 Å². The molecule has 2 aromatic heterocycles. The SMILES string of the molecule is Cc1cccc(-c2cc(-c3ccc4c(c3)OCCO4)nc3sc4c(c23)CCC(C)C4)c1.[Cl-]. The highest BCUT2D eigenvalue weighted by Crippen LogP contribution is 2.44. The van der Waals surface area contributed by atoms with Gasteiger partial charge in [0.05, 0.1) is 5.69 Å². The molecule has 5 heteroatoms. The molecule has 6 rings (SSSR count). The Morgan fingerprint density at radius 3 is 2.66 bits per heavy atom. The predicted octanol–water partition coefficient (Wildman–Crippen LogP) is 3.84. The van der Waals surface area contributed by atoms with Gasteiger partial charge >= 0.3 is 0 Å². The standard InChI is InChI=1S/C27H25NO2S.ClH/c1-16-4-3-5-18(12-16)21-15-22(19-7-9-23-24(14-19)30-11-10-29-23)28-27-26(21)20-8-6-17(2)13-25(20)31-27;/h3-5,7,9,12,14-15,17H,6,8,10-11,13H2,1-2H3;1H/p-1. The molecule has 0 radical (unpaired) electrons. The predicted molar refractivity (Wildman–Crippen MR) is 127 cm³/mol. The van der Waals surface area contributed by atoms with E-state index in [-0.39, 0.29) is 12.4 Å². The third-order valence-corrected chi connectivity index (χ3v) is 7.58. The van der Waals surface area contributed by atoms with Gasteiger partial charge in [-0.3, -0.25) is 0 Å². The van der Waals surface area contributed by atoms with Gasteiger partial charge in [-0.15, -0.1) is 11.3 Å². The number of nitrogens with zero attached hydrogens (tertiary/aromatic N) is 1. The maximum Gasteiger partial charge on any atom is 0.162 e. The summed E-state index contributed by atoms with van der Waals surface area (Å²) in [6.45, 7) is 5.72. The average molecular weight is 463 g/mol. The molecule has 32 heavy (non-hydrogen) atoms. The summed E-state index contributed by atoms with van der Waals surface area (Å²) in [5.74, 6) is 2.37. The number of hydrogen-bond donors (Lipinski definition) is 0. The van der Waals surface area contributed by atoms with Gasteiger partial charge < -0.3 is 21.9 Å². The minimum absolute atomic E-state index is 0. The summed E-state index contributed by atoms with van der Waals surface area (Å²) < 4.78 is 11.5. The Labute approximate surface area is 198 Å². The van der Waals surface area contributed by atoms with E-state index in [9.17, 15) is 0 Å². The van der Waals surface area contributed by atoms with Gasteiger partial charge in [-0.2, -0.15) is 0 Å². The lowest BCUT2D eigenvalue weighted by atomic mass is 9.87. The molecular weight excluding hydrogens is 438 g/mol. The molecule has 3 nitrogen and oxygen atoms in total. The zero-order valence-corrected chi connectivity index (χ0v) is 19.9. The zero-order chi connectivity index (χ0) is 20.9. The van der Waals surface area contributed by atoms with Gasteiger partial charge in [0.15, 0.2) is 11.5 Å². The molecule has 164 valence electrons. The normalized spacial score (nSPS) is 17.0. The van der Waals surface area contributed by atoms with E-state index in [0.29, 0.717) is 13.2 Å². The average Bonchev–Trinajstić information content (AvgIpc) is 3.15. The molecule has 0 saturated heterocycles. The van der Waals surface area contributed by atoms with Crippen molar-refractivity contribution in [3.63, 3.8) is 0 Å². The molecule has 0 fully saturated rings. The van der Waals surface area contributed by atoms with Crippen molar-refractivity contribution in [2.45, 2.75) is 33.1 Å².